The van der Waals surface area contributed by atoms with Crippen LogP contribution >= 0.6 is 11.8 Å². The van der Waals surface area contributed by atoms with Crippen molar-refractivity contribution in [1.82, 2.24) is 20.1 Å². The van der Waals surface area contributed by atoms with Gasteiger partial charge < -0.3 is 15.2 Å². The van der Waals surface area contributed by atoms with Gasteiger partial charge in [0.15, 0.2) is 11.0 Å². The van der Waals surface area contributed by atoms with Gasteiger partial charge in [-0.15, -0.1) is 10.2 Å². The number of anilines is 1. The minimum Gasteiger partial charge on any atom is -0.342 e. The summed E-state index contributed by atoms with van der Waals surface area (Å²) in [7, 11) is 1.82. The number of nitrogens with zero attached hydrogens (tertiary/aromatic N) is 3. The standard InChI is InChI=1S/C21H23N5O2S/c1-14-9-11-16(12-10-14)20(28)22-15(2)19-24-25-21(26(19)3)29-13-18(27)23-17-7-5-4-6-8-17/h4-12,15H,13H2,1-3H3,(H,22,28)(H,23,27)/t15-/m1/s1. The Morgan fingerprint density at radius 3 is 2.45 bits per heavy atom. The maximum Gasteiger partial charge on any atom is 0.251 e. The molecule has 2 N–H and O–H groups in total. The van der Waals surface area contributed by atoms with Crippen molar-refractivity contribution in [1.29, 1.82) is 0 Å². The maximum atomic E-state index is 12.4. The Labute approximate surface area is 173 Å². The Hall–Kier alpha value is -3.13. The number of aromatic nitrogens is 3. The lowest BCUT2D eigenvalue weighted by Gasteiger charge is -2.13. The molecule has 3 aromatic rings. The van der Waals surface area contributed by atoms with Gasteiger partial charge in [-0.1, -0.05) is 47.7 Å². The third-order valence-corrected chi connectivity index (χ3v) is 5.33. The van der Waals surface area contributed by atoms with E-state index in [1.165, 1.54) is 11.8 Å². The van der Waals surface area contributed by atoms with Crippen LogP contribution in [0, 0.1) is 6.92 Å². The summed E-state index contributed by atoms with van der Waals surface area (Å²) in [4.78, 5) is 24.5. The summed E-state index contributed by atoms with van der Waals surface area (Å²) in [6, 6.07) is 16.4. The zero-order chi connectivity index (χ0) is 20.8. The Balaban J connectivity index is 1.57. The molecule has 2 amide bonds. The summed E-state index contributed by atoms with van der Waals surface area (Å²) in [5.41, 5.74) is 2.45. The molecular weight excluding hydrogens is 386 g/mol. The quantitative estimate of drug-likeness (QED) is 0.584. The molecule has 3 rings (SSSR count). The van der Waals surface area contributed by atoms with Crippen LogP contribution in [-0.2, 0) is 11.8 Å². The van der Waals surface area contributed by atoms with Crippen LogP contribution in [0.25, 0.3) is 0 Å². The van der Waals surface area contributed by atoms with Gasteiger partial charge in [-0.2, -0.15) is 0 Å². The van der Waals surface area contributed by atoms with E-state index >= 15 is 0 Å². The second-order valence-electron chi connectivity index (χ2n) is 6.66. The van der Waals surface area contributed by atoms with Crippen LogP contribution in [0.5, 0.6) is 0 Å². The summed E-state index contributed by atoms with van der Waals surface area (Å²) < 4.78 is 1.79. The van der Waals surface area contributed by atoms with Crippen molar-refractivity contribution in [3.8, 4) is 0 Å². The average Bonchev–Trinajstić information content (AvgIpc) is 3.08. The molecule has 29 heavy (non-hydrogen) atoms. The number of benzene rings is 2. The molecule has 0 bridgehead atoms. The van der Waals surface area contributed by atoms with Gasteiger partial charge in [-0.25, -0.2) is 0 Å². The van der Waals surface area contributed by atoms with Crippen molar-refractivity contribution in [2.45, 2.75) is 25.0 Å². The molecule has 0 aliphatic heterocycles. The number of nitrogens with one attached hydrogen (secondary N) is 2. The van der Waals surface area contributed by atoms with Gasteiger partial charge in [-0.05, 0) is 38.1 Å². The van der Waals surface area contributed by atoms with E-state index in [2.05, 4.69) is 20.8 Å². The van der Waals surface area contributed by atoms with Crippen LogP contribution in [0.4, 0.5) is 5.69 Å². The number of hydrogen-bond donors (Lipinski definition) is 2. The first-order valence-corrected chi connectivity index (χ1v) is 10.2. The first-order valence-electron chi connectivity index (χ1n) is 9.18. The SMILES string of the molecule is Cc1ccc(C(=O)N[C@H](C)c2nnc(SCC(=O)Nc3ccccc3)n2C)cc1. The van der Waals surface area contributed by atoms with E-state index in [1.54, 1.807) is 16.7 Å². The van der Waals surface area contributed by atoms with Gasteiger partial charge in [0.1, 0.15) is 0 Å². The molecule has 0 aliphatic carbocycles. The highest BCUT2D eigenvalue weighted by molar-refractivity contribution is 7.99. The Morgan fingerprint density at radius 2 is 1.76 bits per heavy atom. The highest BCUT2D eigenvalue weighted by atomic mass is 32.2. The molecule has 2 aromatic carbocycles. The van der Waals surface area contributed by atoms with E-state index in [1.807, 2.05) is 63.4 Å². The fourth-order valence-corrected chi connectivity index (χ4v) is 3.45. The highest BCUT2D eigenvalue weighted by Crippen LogP contribution is 2.20. The predicted octanol–water partition coefficient (Wildman–Crippen LogP) is 3.35. The highest BCUT2D eigenvalue weighted by Gasteiger charge is 2.19. The van der Waals surface area contributed by atoms with Gasteiger partial charge in [0.2, 0.25) is 5.91 Å². The summed E-state index contributed by atoms with van der Waals surface area (Å²) in [6.45, 7) is 3.83. The monoisotopic (exact) mass is 409 g/mol. The number of aryl methyl sites for hydroxylation is 1. The average molecular weight is 410 g/mol. The third kappa shape index (κ3) is 5.45. The lowest BCUT2D eigenvalue weighted by molar-refractivity contribution is -0.113. The lowest BCUT2D eigenvalue weighted by atomic mass is 10.1. The van der Waals surface area contributed by atoms with Crippen LogP contribution in [0.3, 0.4) is 0 Å². The van der Waals surface area contributed by atoms with Crippen LogP contribution in [0.1, 0.15) is 34.7 Å². The first-order chi connectivity index (χ1) is 13.9. The van der Waals surface area contributed by atoms with Gasteiger partial charge in [-0.3, -0.25) is 9.59 Å². The van der Waals surface area contributed by atoms with Crippen molar-refractivity contribution in [2.75, 3.05) is 11.1 Å². The smallest absolute Gasteiger partial charge is 0.251 e. The fraction of sp³-hybridized carbons (Fsp3) is 0.238. The largest absolute Gasteiger partial charge is 0.342 e. The third-order valence-electron chi connectivity index (χ3n) is 4.31. The van der Waals surface area contributed by atoms with E-state index < -0.39 is 0 Å². The summed E-state index contributed by atoms with van der Waals surface area (Å²) in [6.07, 6.45) is 0. The van der Waals surface area contributed by atoms with Crippen LogP contribution in [0.15, 0.2) is 59.8 Å². The van der Waals surface area contributed by atoms with Crippen LogP contribution in [-0.4, -0.2) is 32.3 Å². The van der Waals surface area contributed by atoms with Gasteiger partial charge >= 0.3 is 0 Å². The van der Waals surface area contributed by atoms with Crippen molar-refractivity contribution in [2.24, 2.45) is 7.05 Å². The molecule has 1 atom stereocenters. The Kier molecular flexibility index (Phi) is 6.66. The first kappa shape index (κ1) is 20.6. The van der Waals surface area contributed by atoms with E-state index in [9.17, 15) is 9.59 Å². The number of hydrogen-bond acceptors (Lipinski definition) is 5. The number of carbonyl (C=O) groups excluding carboxylic acids is 2. The molecule has 0 radical (unpaired) electrons. The number of rotatable bonds is 7. The molecule has 0 aliphatic rings. The maximum absolute atomic E-state index is 12.4. The molecule has 0 saturated heterocycles. The molecule has 0 unspecified atom stereocenters. The number of para-hydroxylation sites is 1. The second-order valence-corrected chi connectivity index (χ2v) is 7.61. The molecule has 150 valence electrons. The molecular formula is C21H23N5O2S. The van der Waals surface area contributed by atoms with E-state index in [4.69, 9.17) is 0 Å². The fourth-order valence-electron chi connectivity index (χ4n) is 2.73. The van der Waals surface area contributed by atoms with Gasteiger partial charge in [0.25, 0.3) is 5.91 Å². The van der Waals surface area contributed by atoms with E-state index in [0.717, 1.165) is 11.3 Å². The van der Waals surface area contributed by atoms with E-state index in [0.29, 0.717) is 16.5 Å². The molecule has 7 nitrogen and oxygen atoms in total. The number of thioether (sulfide) groups is 1. The minimum absolute atomic E-state index is 0.119. The number of carbonyl (C=O) groups is 2. The van der Waals surface area contributed by atoms with E-state index in [-0.39, 0.29) is 23.6 Å². The molecule has 8 heteroatoms. The molecule has 0 saturated carbocycles. The number of amides is 2. The lowest BCUT2D eigenvalue weighted by Crippen LogP contribution is -2.28. The molecule has 1 aromatic heterocycles. The van der Waals surface area contributed by atoms with Crippen molar-refractivity contribution < 1.29 is 9.59 Å². The second kappa shape index (κ2) is 9.38. The molecule has 1 heterocycles. The van der Waals surface area contributed by atoms with Crippen molar-refractivity contribution >= 4 is 29.3 Å². The van der Waals surface area contributed by atoms with Crippen molar-refractivity contribution in [3.05, 3.63) is 71.5 Å². The van der Waals surface area contributed by atoms with Gasteiger partial charge in [0.05, 0.1) is 11.8 Å². The normalized spacial score (nSPS) is 11.7. The zero-order valence-corrected chi connectivity index (χ0v) is 17.4. The molecule has 0 spiro atoms. The van der Waals surface area contributed by atoms with Crippen molar-refractivity contribution in [3.63, 3.8) is 0 Å². The minimum atomic E-state index is -0.325. The topological polar surface area (TPSA) is 88.9 Å². The molecule has 0 fully saturated rings. The Morgan fingerprint density at radius 1 is 1.07 bits per heavy atom. The zero-order valence-electron chi connectivity index (χ0n) is 16.5. The van der Waals surface area contributed by atoms with Crippen LogP contribution < -0.4 is 10.6 Å². The van der Waals surface area contributed by atoms with Crippen LogP contribution in [0.2, 0.25) is 0 Å². The summed E-state index contributed by atoms with van der Waals surface area (Å²) >= 11 is 1.29. The summed E-state index contributed by atoms with van der Waals surface area (Å²) in [5, 5.41) is 14.7. The predicted molar refractivity (Wildman–Crippen MR) is 114 cm³/mol. The van der Waals surface area contributed by atoms with Gasteiger partial charge in [0, 0.05) is 18.3 Å². The Bertz CT molecular complexity index is 986. The summed E-state index contributed by atoms with van der Waals surface area (Å²) in [5.74, 6) is 0.546.